The molecule has 0 spiro atoms. The highest BCUT2D eigenvalue weighted by Crippen LogP contribution is 2.25. The van der Waals surface area contributed by atoms with Crippen LogP contribution in [-0.2, 0) is 0 Å². The molecule has 88 valence electrons. The maximum atomic E-state index is 5.62. The Kier molecular flexibility index (Phi) is 4.24. The number of hydrogen-bond acceptors (Lipinski definition) is 2. The Labute approximate surface area is 106 Å². The van der Waals surface area contributed by atoms with Crippen molar-refractivity contribution in [1.29, 1.82) is 0 Å². The molecule has 0 bridgehead atoms. The maximum Gasteiger partial charge on any atom is 0.119 e. The average Bonchev–Trinajstić information content (AvgIpc) is 2.24. The number of nitrogens with one attached hydrogen (secondary N) is 1. The lowest BCUT2D eigenvalue weighted by atomic mass is 9.82. The van der Waals surface area contributed by atoms with E-state index < -0.39 is 0 Å². The molecule has 0 saturated heterocycles. The van der Waals surface area contributed by atoms with Crippen LogP contribution in [0, 0.1) is 5.92 Å². The summed E-state index contributed by atoms with van der Waals surface area (Å²) in [5, 5.41) is 3.50. The molecule has 0 atom stereocenters. The quantitative estimate of drug-likeness (QED) is 0.838. The number of rotatable bonds is 5. The third-order valence-electron chi connectivity index (χ3n) is 2.99. The summed E-state index contributed by atoms with van der Waals surface area (Å²) >= 11 is 3.40. The molecule has 1 N–H and O–H groups in total. The number of halogens is 1. The Hall–Kier alpha value is -0.540. The van der Waals surface area contributed by atoms with E-state index in [1.165, 1.54) is 12.8 Å². The zero-order chi connectivity index (χ0) is 11.4. The van der Waals surface area contributed by atoms with Gasteiger partial charge in [0.1, 0.15) is 12.4 Å². The second kappa shape index (κ2) is 5.69. The van der Waals surface area contributed by atoms with Crippen molar-refractivity contribution < 1.29 is 4.74 Å². The first kappa shape index (κ1) is 11.9. The first-order valence-electron chi connectivity index (χ1n) is 5.86. The van der Waals surface area contributed by atoms with E-state index in [1.54, 1.807) is 0 Å². The van der Waals surface area contributed by atoms with Crippen molar-refractivity contribution in [1.82, 2.24) is 5.32 Å². The summed E-state index contributed by atoms with van der Waals surface area (Å²) in [4.78, 5) is 0. The summed E-state index contributed by atoms with van der Waals surface area (Å²) in [5.74, 6) is 1.84. The third kappa shape index (κ3) is 3.49. The molecule has 1 aromatic rings. The van der Waals surface area contributed by atoms with Crippen molar-refractivity contribution in [3.63, 3.8) is 0 Å². The van der Waals surface area contributed by atoms with Crippen LogP contribution in [0.5, 0.6) is 5.75 Å². The lowest BCUT2D eigenvalue weighted by Crippen LogP contribution is -2.41. The van der Waals surface area contributed by atoms with E-state index in [1.807, 2.05) is 24.3 Å². The summed E-state index contributed by atoms with van der Waals surface area (Å²) in [6.45, 7) is 3.98. The molecule has 0 heterocycles. The van der Waals surface area contributed by atoms with Gasteiger partial charge >= 0.3 is 0 Å². The monoisotopic (exact) mass is 283 g/mol. The number of ether oxygens (including phenoxy) is 1. The molecule has 2 rings (SSSR count). The fourth-order valence-electron chi connectivity index (χ4n) is 2.03. The Morgan fingerprint density at radius 2 is 2.00 bits per heavy atom. The van der Waals surface area contributed by atoms with Crippen molar-refractivity contribution in [3.8, 4) is 5.75 Å². The molecular formula is C13H18BrNO. The van der Waals surface area contributed by atoms with Crippen LogP contribution in [0.2, 0.25) is 0 Å². The van der Waals surface area contributed by atoms with Crippen LogP contribution in [-0.4, -0.2) is 19.2 Å². The van der Waals surface area contributed by atoms with Gasteiger partial charge in [0.25, 0.3) is 0 Å². The summed E-state index contributed by atoms with van der Waals surface area (Å²) in [5.41, 5.74) is 0. The van der Waals surface area contributed by atoms with Crippen LogP contribution < -0.4 is 10.1 Å². The second-order valence-corrected chi connectivity index (χ2v) is 5.45. The molecule has 1 fully saturated rings. The number of hydrogen-bond donors (Lipinski definition) is 1. The van der Waals surface area contributed by atoms with Gasteiger partial charge in [-0.2, -0.15) is 0 Å². The molecular weight excluding hydrogens is 266 g/mol. The Balaban J connectivity index is 1.59. The molecule has 1 aromatic carbocycles. The summed E-state index contributed by atoms with van der Waals surface area (Å²) in [7, 11) is 0. The predicted molar refractivity (Wildman–Crippen MR) is 69.8 cm³/mol. The molecule has 0 aliphatic heterocycles. The molecule has 0 amide bonds. The van der Waals surface area contributed by atoms with Crippen LogP contribution in [0.3, 0.4) is 0 Å². The van der Waals surface area contributed by atoms with Crippen molar-refractivity contribution in [2.75, 3.05) is 13.2 Å². The van der Waals surface area contributed by atoms with E-state index in [0.717, 1.165) is 35.3 Å². The van der Waals surface area contributed by atoms with Crippen LogP contribution in [0.25, 0.3) is 0 Å². The normalized spacial score (nSPS) is 23.9. The minimum atomic E-state index is 0.725. The lowest BCUT2D eigenvalue weighted by molar-refractivity contribution is 0.223. The van der Waals surface area contributed by atoms with Crippen molar-refractivity contribution in [3.05, 3.63) is 28.7 Å². The van der Waals surface area contributed by atoms with E-state index in [9.17, 15) is 0 Å². The highest BCUT2D eigenvalue weighted by molar-refractivity contribution is 9.10. The van der Waals surface area contributed by atoms with Gasteiger partial charge in [0.15, 0.2) is 0 Å². The van der Waals surface area contributed by atoms with Gasteiger partial charge in [0, 0.05) is 17.1 Å². The van der Waals surface area contributed by atoms with Crippen molar-refractivity contribution >= 4 is 15.9 Å². The molecule has 2 nitrogen and oxygen atoms in total. The van der Waals surface area contributed by atoms with E-state index in [4.69, 9.17) is 4.74 Å². The molecule has 0 aromatic heterocycles. The first-order valence-corrected chi connectivity index (χ1v) is 6.65. The molecule has 1 saturated carbocycles. The fraction of sp³-hybridized carbons (Fsp3) is 0.538. The van der Waals surface area contributed by atoms with Crippen LogP contribution in [0.1, 0.15) is 19.8 Å². The van der Waals surface area contributed by atoms with E-state index >= 15 is 0 Å². The molecule has 3 heteroatoms. The zero-order valence-electron chi connectivity index (χ0n) is 9.58. The van der Waals surface area contributed by atoms with Gasteiger partial charge in [-0.15, -0.1) is 0 Å². The topological polar surface area (TPSA) is 21.3 Å². The molecule has 16 heavy (non-hydrogen) atoms. The predicted octanol–water partition coefficient (Wildman–Crippen LogP) is 3.22. The lowest BCUT2D eigenvalue weighted by Gasteiger charge is -2.33. The van der Waals surface area contributed by atoms with Crippen LogP contribution >= 0.6 is 15.9 Å². The van der Waals surface area contributed by atoms with E-state index in [0.29, 0.717) is 0 Å². The Morgan fingerprint density at radius 3 is 2.62 bits per heavy atom. The highest BCUT2D eigenvalue weighted by Gasteiger charge is 2.23. The van der Waals surface area contributed by atoms with Gasteiger partial charge in [0.05, 0.1) is 0 Å². The minimum absolute atomic E-state index is 0.725. The van der Waals surface area contributed by atoms with Crippen LogP contribution in [0.4, 0.5) is 0 Å². The van der Waals surface area contributed by atoms with Gasteiger partial charge in [-0.25, -0.2) is 0 Å². The Morgan fingerprint density at radius 1 is 1.31 bits per heavy atom. The van der Waals surface area contributed by atoms with Crippen molar-refractivity contribution in [2.45, 2.75) is 25.8 Å². The van der Waals surface area contributed by atoms with Gasteiger partial charge in [-0.05, 0) is 43.0 Å². The smallest absolute Gasteiger partial charge is 0.119 e. The third-order valence-corrected chi connectivity index (χ3v) is 3.52. The molecule has 1 aliphatic carbocycles. The maximum absolute atomic E-state index is 5.62. The standard InChI is InChI=1S/C13H18BrNO/c1-10-8-12(9-10)15-6-7-16-13-4-2-11(14)3-5-13/h2-5,10,12,15H,6-9H2,1H3. The minimum Gasteiger partial charge on any atom is -0.492 e. The Bertz CT molecular complexity index is 319. The van der Waals surface area contributed by atoms with Crippen molar-refractivity contribution in [2.24, 2.45) is 5.92 Å². The first-order chi connectivity index (χ1) is 7.74. The summed E-state index contributed by atoms with van der Waals surface area (Å²) < 4.78 is 6.71. The van der Waals surface area contributed by atoms with Gasteiger partial charge in [-0.1, -0.05) is 22.9 Å². The zero-order valence-corrected chi connectivity index (χ0v) is 11.2. The van der Waals surface area contributed by atoms with E-state index in [-0.39, 0.29) is 0 Å². The fourth-order valence-corrected chi connectivity index (χ4v) is 2.30. The average molecular weight is 284 g/mol. The summed E-state index contributed by atoms with van der Waals surface area (Å²) in [6, 6.07) is 8.68. The largest absolute Gasteiger partial charge is 0.492 e. The van der Waals surface area contributed by atoms with Gasteiger partial charge in [-0.3, -0.25) is 0 Å². The molecule has 1 aliphatic rings. The SMILES string of the molecule is CC1CC(NCCOc2ccc(Br)cc2)C1. The number of benzene rings is 1. The van der Waals surface area contributed by atoms with Gasteiger partial charge < -0.3 is 10.1 Å². The van der Waals surface area contributed by atoms with Gasteiger partial charge in [0.2, 0.25) is 0 Å². The van der Waals surface area contributed by atoms with E-state index in [2.05, 4.69) is 28.2 Å². The second-order valence-electron chi connectivity index (χ2n) is 4.53. The summed E-state index contributed by atoms with van der Waals surface area (Å²) in [6.07, 6.45) is 2.64. The molecule has 0 unspecified atom stereocenters. The highest BCUT2D eigenvalue weighted by atomic mass is 79.9. The molecule has 0 radical (unpaired) electrons. The van der Waals surface area contributed by atoms with Crippen LogP contribution in [0.15, 0.2) is 28.7 Å².